The molecule has 0 aliphatic rings. The van der Waals surface area contributed by atoms with Crippen LogP contribution >= 0.6 is 0 Å². The molecule has 98 valence electrons. The topological polar surface area (TPSA) is 88.9 Å². The van der Waals surface area contributed by atoms with E-state index in [1.165, 1.54) is 24.3 Å². The number of rotatable bonds is 3. The van der Waals surface area contributed by atoms with Crippen LogP contribution in [-0.4, -0.2) is 20.7 Å². The number of ketones is 1. The van der Waals surface area contributed by atoms with E-state index >= 15 is 0 Å². The maximum Gasteiger partial charge on any atom is 0.270 e. The molecule has 0 saturated heterocycles. The molecule has 3 rings (SSSR count). The van der Waals surface area contributed by atoms with Crippen LogP contribution in [0.2, 0.25) is 0 Å². The number of nitro groups is 1. The van der Waals surface area contributed by atoms with Crippen molar-refractivity contribution in [3.63, 3.8) is 0 Å². The van der Waals surface area contributed by atoms with Gasteiger partial charge in [0.1, 0.15) is 0 Å². The number of benzene rings is 2. The Bertz CT molecular complexity index is 790. The summed E-state index contributed by atoms with van der Waals surface area (Å²) in [5.41, 5.74) is 1.55. The van der Waals surface area contributed by atoms with Crippen LogP contribution in [0.1, 0.15) is 16.2 Å². The molecule has 6 nitrogen and oxygen atoms in total. The first-order valence-corrected chi connectivity index (χ1v) is 5.89. The Labute approximate surface area is 113 Å². The van der Waals surface area contributed by atoms with Crippen LogP contribution in [0.5, 0.6) is 0 Å². The summed E-state index contributed by atoms with van der Waals surface area (Å²) >= 11 is 0. The fraction of sp³-hybridized carbons (Fsp3) is 0. The third-order valence-electron chi connectivity index (χ3n) is 2.92. The van der Waals surface area contributed by atoms with E-state index in [2.05, 4.69) is 9.97 Å². The molecule has 0 saturated carbocycles. The molecule has 1 aromatic heterocycles. The lowest BCUT2D eigenvalue weighted by Gasteiger charge is -1.97. The van der Waals surface area contributed by atoms with Gasteiger partial charge in [0.25, 0.3) is 5.69 Å². The Hall–Kier alpha value is -3.02. The number of hydrogen-bond acceptors (Lipinski definition) is 4. The molecule has 6 heteroatoms. The number of H-pyrrole nitrogens is 1. The number of nitro benzene ring substituents is 1. The zero-order valence-electron chi connectivity index (χ0n) is 10.2. The summed E-state index contributed by atoms with van der Waals surface area (Å²) in [6, 6.07) is 12.9. The van der Waals surface area contributed by atoms with Crippen molar-refractivity contribution in [2.75, 3.05) is 0 Å². The average Bonchev–Trinajstić information content (AvgIpc) is 2.90. The number of non-ortho nitro benzene ring substituents is 1. The molecule has 20 heavy (non-hydrogen) atoms. The minimum Gasteiger partial charge on any atom is -0.335 e. The van der Waals surface area contributed by atoms with Crippen molar-refractivity contribution < 1.29 is 9.72 Å². The van der Waals surface area contributed by atoms with Gasteiger partial charge in [0, 0.05) is 17.7 Å². The number of nitrogens with one attached hydrogen (secondary N) is 1. The summed E-state index contributed by atoms with van der Waals surface area (Å²) in [5, 5.41) is 10.7. The first-order valence-electron chi connectivity index (χ1n) is 5.89. The summed E-state index contributed by atoms with van der Waals surface area (Å²) in [6.45, 7) is 0. The minimum atomic E-state index is -0.532. The number of imidazole rings is 1. The van der Waals surface area contributed by atoms with Crippen molar-refractivity contribution in [2.24, 2.45) is 0 Å². The molecule has 0 radical (unpaired) electrons. The van der Waals surface area contributed by atoms with Crippen molar-refractivity contribution in [1.29, 1.82) is 0 Å². The van der Waals surface area contributed by atoms with Gasteiger partial charge in [-0.3, -0.25) is 14.9 Å². The second-order valence-electron chi connectivity index (χ2n) is 4.24. The second-order valence-corrected chi connectivity index (χ2v) is 4.24. The summed E-state index contributed by atoms with van der Waals surface area (Å²) in [7, 11) is 0. The largest absolute Gasteiger partial charge is 0.335 e. The molecule has 3 aromatic rings. The van der Waals surface area contributed by atoms with E-state index in [1.54, 1.807) is 6.07 Å². The van der Waals surface area contributed by atoms with E-state index in [0.717, 1.165) is 5.52 Å². The van der Waals surface area contributed by atoms with Gasteiger partial charge >= 0.3 is 0 Å². The lowest BCUT2D eigenvalue weighted by molar-refractivity contribution is -0.384. The predicted molar refractivity (Wildman–Crippen MR) is 72.6 cm³/mol. The van der Waals surface area contributed by atoms with Crippen LogP contribution in [0, 0.1) is 10.1 Å². The van der Waals surface area contributed by atoms with E-state index in [0.29, 0.717) is 5.52 Å². The molecule has 2 aromatic carbocycles. The number of aromatic amines is 1. The second kappa shape index (κ2) is 4.58. The average molecular weight is 267 g/mol. The fourth-order valence-corrected chi connectivity index (χ4v) is 1.96. The lowest BCUT2D eigenvalue weighted by atomic mass is 10.1. The number of hydrogen-bond donors (Lipinski definition) is 1. The third kappa shape index (κ3) is 2.03. The Morgan fingerprint density at radius 2 is 1.95 bits per heavy atom. The molecule has 1 heterocycles. The van der Waals surface area contributed by atoms with Crippen LogP contribution < -0.4 is 0 Å². The van der Waals surface area contributed by atoms with E-state index in [4.69, 9.17) is 0 Å². The predicted octanol–water partition coefficient (Wildman–Crippen LogP) is 2.70. The monoisotopic (exact) mass is 267 g/mol. The quantitative estimate of drug-likeness (QED) is 0.449. The zero-order valence-corrected chi connectivity index (χ0v) is 10.2. The smallest absolute Gasteiger partial charge is 0.270 e. The van der Waals surface area contributed by atoms with Crippen LogP contribution in [0.15, 0.2) is 48.5 Å². The molecule has 0 bridgehead atoms. The highest BCUT2D eigenvalue weighted by molar-refractivity contribution is 6.08. The number of carbonyl (C=O) groups excluding carboxylic acids is 1. The maximum absolute atomic E-state index is 12.3. The first-order chi connectivity index (χ1) is 9.65. The maximum atomic E-state index is 12.3. The molecular formula is C14H9N3O3. The molecular weight excluding hydrogens is 258 g/mol. The number of carbonyl (C=O) groups is 1. The molecule has 1 N–H and O–H groups in total. The van der Waals surface area contributed by atoms with Gasteiger partial charge in [0.2, 0.25) is 5.78 Å². The van der Waals surface area contributed by atoms with Crippen LogP contribution in [0.25, 0.3) is 11.0 Å². The third-order valence-corrected chi connectivity index (χ3v) is 2.92. The normalized spacial score (nSPS) is 10.6. The van der Waals surface area contributed by atoms with Gasteiger partial charge in [0.15, 0.2) is 5.82 Å². The van der Waals surface area contributed by atoms with Gasteiger partial charge < -0.3 is 4.98 Å². The number of aromatic nitrogens is 2. The highest BCUT2D eigenvalue weighted by atomic mass is 16.6. The molecule has 0 atom stereocenters. The molecule has 0 spiro atoms. The van der Waals surface area contributed by atoms with Crippen molar-refractivity contribution in [3.05, 3.63) is 70.0 Å². The van der Waals surface area contributed by atoms with Gasteiger partial charge in [-0.15, -0.1) is 0 Å². The van der Waals surface area contributed by atoms with Gasteiger partial charge in [-0.05, 0) is 12.1 Å². The van der Waals surface area contributed by atoms with E-state index in [1.807, 2.05) is 18.2 Å². The Morgan fingerprint density at radius 3 is 2.70 bits per heavy atom. The number of fused-ring (bicyclic) bond motifs is 1. The highest BCUT2D eigenvalue weighted by Gasteiger charge is 2.16. The van der Waals surface area contributed by atoms with Gasteiger partial charge in [-0.1, -0.05) is 24.3 Å². The SMILES string of the molecule is O=C(c1cccc([N+](=O)[O-])c1)c1nc2ccccc2[nH]1. The standard InChI is InChI=1S/C14H9N3O3/c18-13(9-4-3-5-10(8-9)17(19)20)14-15-11-6-1-2-7-12(11)16-14/h1-8H,(H,15,16). The molecule has 0 amide bonds. The summed E-state index contributed by atoms with van der Waals surface area (Å²) in [5.74, 6) is -0.198. The van der Waals surface area contributed by atoms with Crippen molar-refractivity contribution in [2.45, 2.75) is 0 Å². The first kappa shape index (κ1) is 12.0. The molecule has 0 fully saturated rings. The Kier molecular flexibility index (Phi) is 2.76. The minimum absolute atomic E-state index is 0.119. The summed E-state index contributed by atoms with van der Waals surface area (Å²) < 4.78 is 0. The van der Waals surface area contributed by atoms with Crippen LogP contribution in [-0.2, 0) is 0 Å². The van der Waals surface area contributed by atoms with Crippen LogP contribution in [0.4, 0.5) is 5.69 Å². The highest BCUT2D eigenvalue weighted by Crippen LogP contribution is 2.17. The zero-order chi connectivity index (χ0) is 14.1. The molecule has 0 aliphatic heterocycles. The van der Waals surface area contributed by atoms with E-state index in [9.17, 15) is 14.9 Å². The van der Waals surface area contributed by atoms with E-state index in [-0.39, 0.29) is 22.9 Å². The molecule has 0 aliphatic carbocycles. The number of nitrogens with zero attached hydrogens (tertiary/aromatic N) is 2. The van der Waals surface area contributed by atoms with Gasteiger partial charge in [-0.2, -0.15) is 0 Å². The Balaban J connectivity index is 2.03. The summed E-state index contributed by atoms with van der Waals surface area (Å²) in [6.07, 6.45) is 0. The molecule has 0 unspecified atom stereocenters. The van der Waals surface area contributed by atoms with Crippen molar-refractivity contribution in [1.82, 2.24) is 9.97 Å². The van der Waals surface area contributed by atoms with Crippen molar-refractivity contribution in [3.8, 4) is 0 Å². The fourth-order valence-electron chi connectivity index (χ4n) is 1.96. The van der Waals surface area contributed by atoms with Gasteiger partial charge in [-0.25, -0.2) is 4.98 Å². The summed E-state index contributed by atoms with van der Waals surface area (Å²) in [4.78, 5) is 29.6. The number of para-hydroxylation sites is 2. The lowest BCUT2D eigenvalue weighted by Crippen LogP contribution is -2.04. The van der Waals surface area contributed by atoms with E-state index < -0.39 is 4.92 Å². The van der Waals surface area contributed by atoms with Gasteiger partial charge in [0.05, 0.1) is 16.0 Å². The van der Waals surface area contributed by atoms with Crippen LogP contribution in [0.3, 0.4) is 0 Å². The Morgan fingerprint density at radius 1 is 1.15 bits per heavy atom. The van der Waals surface area contributed by atoms with Crippen molar-refractivity contribution >= 4 is 22.5 Å².